The molecular formula is C28H28N2O3. The highest BCUT2D eigenvalue weighted by molar-refractivity contribution is 6.46. The van der Waals surface area contributed by atoms with Crippen molar-refractivity contribution in [1.29, 1.82) is 0 Å². The molecule has 1 aliphatic heterocycles. The molecule has 33 heavy (non-hydrogen) atoms. The third-order valence-corrected chi connectivity index (χ3v) is 5.80. The predicted octanol–water partition coefficient (Wildman–Crippen LogP) is 5.51. The number of hydrogen-bond donors (Lipinski definition) is 0. The first-order chi connectivity index (χ1) is 15.8. The summed E-state index contributed by atoms with van der Waals surface area (Å²) in [5, 5.41) is 0. The van der Waals surface area contributed by atoms with Crippen LogP contribution in [0.5, 0.6) is 5.75 Å². The van der Waals surface area contributed by atoms with Crippen molar-refractivity contribution in [2.45, 2.75) is 33.8 Å². The van der Waals surface area contributed by atoms with Crippen LogP contribution < -0.4 is 14.5 Å². The Bertz CT molecular complexity index is 1230. The van der Waals surface area contributed by atoms with Crippen molar-refractivity contribution in [2.75, 3.05) is 16.8 Å². The second-order valence-electron chi connectivity index (χ2n) is 8.52. The number of benzene rings is 3. The Hall–Kier alpha value is -3.86. The van der Waals surface area contributed by atoms with Crippen LogP contribution in [-0.4, -0.2) is 25.0 Å². The minimum atomic E-state index is -0.341. The van der Waals surface area contributed by atoms with Crippen molar-refractivity contribution in [2.24, 2.45) is 0 Å². The van der Waals surface area contributed by atoms with Crippen LogP contribution in [0.25, 0.3) is 5.57 Å². The van der Waals surface area contributed by atoms with Crippen LogP contribution in [0.1, 0.15) is 30.5 Å². The summed E-state index contributed by atoms with van der Waals surface area (Å²) in [4.78, 5) is 30.5. The number of ether oxygens (including phenoxy) is 1. The van der Waals surface area contributed by atoms with Crippen molar-refractivity contribution < 1.29 is 14.3 Å². The van der Waals surface area contributed by atoms with Crippen LogP contribution in [-0.2, 0) is 9.59 Å². The molecule has 1 heterocycles. The quantitative estimate of drug-likeness (QED) is 0.474. The molecule has 0 unspecified atom stereocenters. The van der Waals surface area contributed by atoms with Gasteiger partial charge in [-0.05, 0) is 80.8 Å². The van der Waals surface area contributed by atoms with Crippen molar-refractivity contribution in [1.82, 2.24) is 0 Å². The molecule has 0 atom stereocenters. The maximum absolute atomic E-state index is 13.7. The van der Waals surface area contributed by atoms with Crippen LogP contribution >= 0.6 is 0 Å². The van der Waals surface area contributed by atoms with Crippen LogP contribution in [0.2, 0.25) is 0 Å². The standard InChI is InChI=1S/C28H28N2O3/c1-18(2)33-24-15-12-21(13-16-24)25-26(29(5)22-9-7-6-8-10-22)28(32)30(27(25)31)23-14-11-19(3)20(4)17-23/h6-18H,1-5H3. The van der Waals surface area contributed by atoms with E-state index in [2.05, 4.69) is 0 Å². The molecule has 0 N–H and O–H groups in total. The highest BCUT2D eigenvalue weighted by Gasteiger charge is 2.42. The van der Waals surface area contributed by atoms with E-state index in [1.54, 1.807) is 4.90 Å². The number of likely N-dealkylation sites (N-methyl/N-ethyl adjacent to an activating group) is 1. The lowest BCUT2D eigenvalue weighted by Crippen LogP contribution is -2.34. The van der Waals surface area contributed by atoms with E-state index in [-0.39, 0.29) is 17.9 Å². The van der Waals surface area contributed by atoms with E-state index in [9.17, 15) is 9.59 Å². The minimum absolute atomic E-state index is 0.0461. The average Bonchev–Trinajstić information content (AvgIpc) is 3.06. The topological polar surface area (TPSA) is 49.9 Å². The van der Waals surface area contributed by atoms with Gasteiger partial charge in [0.15, 0.2) is 0 Å². The molecular weight excluding hydrogens is 412 g/mol. The van der Waals surface area contributed by atoms with Gasteiger partial charge in [0.2, 0.25) is 0 Å². The molecule has 5 nitrogen and oxygen atoms in total. The summed E-state index contributed by atoms with van der Waals surface area (Å²) in [5.41, 5.74) is 4.92. The van der Waals surface area contributed by atoms with Gasteiger partial charge in [-0.2, -0.15) is 0 Å². The van der Waals surface area contributed by atoms with Gasteiger partial charge in [-0.25, -0.2) is 4.90 Å². The first kappa shape index (κ1) is 22.3. The Morgan fingerprint density at radius 3 is 2.09 bits per heavy atom. The molecule has 5 heteroatoms. The minimum Gasteiger partial charge on any atom is -0.491 e. The van der Waals surface area contributed by atoms with E-state index in [1.807, 2.05) is 108 Å². The highest BCUT2D eigenvalue weighted by Crippen LogP contribution is 2.37. The smallest absolute Gasteiger partial charge is 0.282 e. The number of rotatable bonds is 6. The lowest BCUT2D eigenvalue weighted by Gasteiger charge is -2.22. The van der Waals surface area contributed by atoms with Crippen LogP contribution in [0, 0.1) is 13.8 Å². The van der Waals surface area contributed by atoms with Gasteiger partial charge in [-0.15, -0.1) is 0 Å². The number of nitrogens with zero attached hydrogens (tertiary/aromatic N) is 2. The fourth-order valence-electron chi connectivity index (χ4n) is 3.94. The van der Waals surface area contributed by atoms with Crippen LogP contribution in [0.4, 0.5) is 11.4 Å². The Balaban J connectivity index is 1.83. The fourth-order valence-corrected chi connectivity index (χ4v) is 3.94. The third-order valence-electron chi connectivity index (χ3n) is 5.80. The number of para-hydroxylation sites is 1. The lowest BCUT2D eigenvalue weighted by atomic mass is 10.0. The van der Waals surface area contributed by atoms with Gasteiger partial charge in [-0.3, -0.25) is 9.59 Å². The van der Waals surface area contributed by atoms with E-state index in [1.165, 1.54) is 4.90 Å². The fraction of sp³-hybridized carbons (Fsp3) is 0.214. The van der Waals surface area contributed by atoms with Gasteiger partial charge in [0, 0.05) is 12.7 Å². The molecule has 4 rings (SSSR count). The number of carbonyl (C=O) groups is 2. The molecule has 2 amide bonds. The number of imide groups is 1. The van der Waals surface area contributed by atoms with E-state index >= 15 is 0 Å². The summed E-state index contributed by atoms with van der Waals surface area (Å²) >= 11 is 0. The number of aryl methyl sites for hydroxylation is 2. The zero-order valence-electron chi connectivity index (χ0n) is 19.6. The molecule has 1 aliphatic rings. The Morgan fingerprint density at radius 2 is 1.48 bits per heavy atom. The second-order valence-corrected chi connectivity index (χ2v) is 8.52. The van der Waals surface area contributed by atoms with Crippen LogP contribution in [0.15, 0.2) is 78.5 Å². The average molecular weight is 441 g/mol. The van der Waals surface area contributed by atoms with Gasteiger partial charge < -0.3 is 9.64 Å². The van der Waals surface area contributed by atoms with Gasteiger partial charge in [0.1, 0.15) is 11.4 Å². The normalized spacial score (nSPS) is 13.8. The second kappa shape index (κ2) is 8.94. The van der Waals surface area contributed by atoms with Crippen molar-refractivity contribution in [3.63, 3.8) is 0 Å². The van der Waals surface area contributed by atoms with Gasteiger partial charge in [0.25, 0.3) is 11.8 Å². The molecule has 0 radical (unpaired) electrons. The van der Waals surface area contributed by atoms with E-state index in [0.29, 0.717) is 22.5 Å². The lowest BCUT2D eigenvalue weighted by molar-refractivity contribution is -0.120. The molecule has 3 aromatic rings. The number of carbonyl (C=O) groups excluding carboxylic acids is 2. The van der Waals surface area contributed by atoms with Gasteiger partial charge in [0.05, 0.1) is 17.4 Å². The summed E-state index contributed by atoms with van der Waals surface area (Å²) in [6.45, 7) is 7.91. The maximum Gasteiger partial charge on any atom is 0.282 e. The maximum atomic E-state index is 13.7. The number of amides is 2. The summed E-state index contributed by atoms with van der Waals surface area (Å²) in [5.74, 6) is 0.0424. The monoisotopic (exact) mass is 440 g/mol. The molecule has 0 aromatic heterocycles. The summed E-state index contributed by atoms with van der Waals surface area (Å²) in [7, 11) is 1.82. The van der Waals surface area contributed by atoms with Crippen molar-refractivity contribution in [3.05, 3.63) is 95.2 Å². The van der Waals surface area contributed by atoms with Crippen molar-refractivity contribution in [3.8, 4) is 5.75 Å². The summed E-state index contributed by atoms with van der Waals surface area (Å²) < 4.78 is 5.75. The number of anilines is 2. The predicted molar refractivity (Wildman–Crippen MR) is 132 cm³/mol. The summed E-state index contributed by atoms with van der Waals surface area (Å²) in [6.07, 6.45) is 0.0461. The Morgan fingerprint density at radius 1 is 0.818 bits per heavy atom. The van der Waals surface area contributed by atoms with E-state index in [0.717, 1.165) is 22.6 Å². The first-order valence-corrected chi connectivity index (χ1v) is 11.0. The number of hydrogen-bond acceptors (Lipinski definition) is 4. The molecule has 0 aliphatic carbocycles. The third kappa shape index (κ3) is 4.27. The largest absolute Gasteiger partial charge is 0.491 e. The van der Waals surface area contributed by atoms with E-state index < -0.39 is 0 Å². The zero-order chi connectivity index (χ0) is 23.7. The summed E-state index contributed by atoms with van der Waals surface area (Å²) in [6, 6.07) is 22.5. The molecule has 0 saturated carbocycles. The zero-order valence-corrected chi connectivity index (χ0v) is 19.6. The Labute approximate surface area is 194 Å². The van der Waals surface area contributed by atoms with Gasteiger partial charge in [-0.1, -0.05) is 36.4 Å². The molecule has 168 valence electrons. The van der Waals surface area contributed by atoms with E-state index in [4.69, 9.17) is 4.74 Å². The van der Waals surface area contributed by atoms with Crippen LogP contribution in [0.3, 0.4) is 0 Å². The molecule has 0 fully saturated rings. The molecule has 0 saturated heterocycles. The SMILES string of the molecule is Cc1ccc(N2C(=O)C(c3ccc(OC(C)C)cc3)=C(N(C)c3ccccc3)C2=O)cc1C. The van der Waals surface area contributed by atoms with Gasteiger partial charge >= 0.3 is 0 Å². The highest BCUT2D eigenvalue weighted by atomic mass is 16.5. The molecule has 3 aromatic carbocycles. The molecule has 0 bridgehead atoms. The molecule has 0 spiro atoms. The van der Waals surface area contributed by atoms with Crippen molar-refractivity contribution >= 4 is 28.8 Å². The first-order valence-electron chi connectivity index (χ1n) is 11.0. The Kier molecular flexibility index (Phi) is 6.05.